The fourth-order valence-corrected chi connectivity index (χ4v) is 1.83. The van der Waals surface area contributed by atoms with Gasteiger partial charge in [-0.2, -0.15) is 0 Å². The lowest BCUT2D eigenvalue weighted by Gasteiger charge is -2.17. The zero-order chi connectivity index (χ0) is 15.0. The van der Waals surface area contributed by atoms with Crippen molar-refractivity contribution in [2.75, 3.05) is 19.0 Å². The van der Waals surface area contributed by atoms with Gasteiger partial charge in [0.2, 0.25) is 0 Å². The first-order chi connectivity index (χ1) is 9.40. The van der Waals surface area contributed by atoms with Crippen LogP contribution in [-0.4, -0.2) is 19.6 Å². The van der Waals surface area contributed by atoms with Crippen molar-refractivity contribution >= 4 is 11.6 Å². The van der Waals surface area contributed by atoms with Gasteiger partial charge in [-0.05, 0) is 42.5 Å². The van der Waals surface area contributed by atoms with E-state index in [1.165, 1.54) is 12.8 Å². The summed E-state index contributed by atoms with van der Waals surface area (Å²) in [4.78, 5) is 4.33. The van der Waals surface area contributed by atoms with E-state index in [-0.39, 0.29) is 0 Å². The Labute approximate surface area is 122 Å². The molecular weight excluding hydrogens is 250 g/mol. The van der Waals surface area contributed by atoms with Gasteiger partial charge < -0.3 is 15.8 Å². The van der Waals surface area contributed by atoms with E-state index in [4.69, 9.17) is 10.5 Å². The fraction of sp³-hybridized carbons (Fsp3) is 0.562. The van der Waals surface area contributed by atoms with Crippen LogP contribution in [0.2, 0.25) is 0 Å². The number of benzene rings is 1. The molecule has 0 atom stereocenters. The van der Waals surface area contributed by atoms with Gasteiger partial charge in [0, 0.05) is 12.2 Å². The maximum atomic E-state index is 5.85. The van der Waals surface area contributed by atoms with Crippen LogP contribution >= 0.6 is 0 Å². The average molecular weight is 277 g/mol. The van der Waals surface area contributed by atoms with E-state index in [1.54, 1.807) is 7.11 Å². The van der Waals surface area contributed by atoms with Crippen molar-refractivity contribution in [1.29, 1.82) is 0 Å². The van der Waals surface area contributed by atoms with Crippen LogP contribution in [0.3, 0.4) is 0 Å². The number of nitrogens with zero attached hydrogens (tertiary/aromatic N) is 1. The van der Waals surface area contributed by atoms with Crippen molar-refractivity contribution in [2.24, 2.45) is 16.1 Å². The van der Waals surface area contributed by atoms with Crippen molar-refractivity contribution in [2.45, 2.75) is 40.0 Å². The van der Waals surface area contributed by atoms with Gasteiger partial charge in [0.05, 0.1) is 7.11 Å². The van der Waals surface area contributed by atoms with Crippen LogP contribution in [0.4, 0.5) is 5.69 Å². The van der Waals surface area contributed by atoms with Gasteiger partial charge in [0.15, 0.2) is 5.96 Å². The molecule has 0 aliphatic carbocycles. The lowest BCUT2D eigenvalue weighted by Crippen LogP contribution is -2.22. The number of methoxy groups -OCH3 is 1. The Bertz CT molecular complexity index is 418. The van der Waals surface area contributed by atoms with E-state index >= 15 is 0 Å². The molecule has 0 fully saturated rings. The Morgan fingerprint density at radius 1 is 1.20 bits per heavy atom. The van der Waals surface area contributed by atoms with Crippen molar-refractivity contribution in [3.63, 3.8) is 0 Å². The summed E-state index contributed by atoms with van der Waals surface area (Å²) in [6, 6.07) is 7.61. The third-order valence-electron chi connectivity index (χ3n) is 2.98. The molecule has 1 aromatic rings. The lowest BCUT2D eigenvalue weighted by atomic mass is 9.90. The Kier molecular flexibility index (Phi) is 6.36. The molecule has 0 aliphatic heterocycles. The molecule has 3 N–H and O–H groups in total. The van der Waals surface area contributed by atoms with Gasteiger partial charge in [0.1, 0.15) is 5.75 Å². The largest absolute Gasteiger partial charge is 0.497 e. The third-order valence-corrected chi connectivity index (χ3v) is 2.98. The number of anilines is 1. The number of nitrogens with one attached hydrogen (secondary N) is 1. The number of unbranched alkanes of at least 4 members (excludes halogenated alkanes) is 1. The Morgan fingerprint density at radius 2 is 1.85 bits per heavy atom. The standard InChI is InChI=1S/C16H27N3O/c1-16(2,3)11-5-6-12-18-15(17)19-13-7-9-14(20-4)10-8-13/h7-10H,5-6,11-12H2,1-4H3,(H3,17,18,19). The molecular formula is C16H27N3O. The highest BCUT2D eigenvalue weighted by molar-refractivity contribution is 5.92. The van der Waals surface area contributed by atoms with Gasteiger partial charge in [-0.1, -0.05) is 27.2 Å². The second-order valence-electron chi connectivity index (χ2n) is 6.14. The molecule has 0 aliphatic rings. The van der Waals surface area contributed by atoms with Crippen molar-refractivity contribution in [1.82, 2.24) is 0 Å². The maximum absolute atomic E-state index is 5.85. The predicted molar refractivity (Wildman–Crippen MR) is 86.4 cm³/mol. The van der Waals surface area contributed by atoms with E-state index in [2.05, 4.69) is 31.1 Å². The summed E-state index contributed by atoms with van der Waals surface area (Å²) in [6.07, 6.45) is 3.47. The summed E-state index contributed by atoms with van der Waals surface area (Å²) >= 11 is 0. The molecule has 1 aromatic carbocycles. The molecule has 0 unspecified atom stereocenters. The molecule has 0 radical (unpaired) electrons. The minimum Gasteiger partial charge on any atom is -0.497 e. The molecule has 0 bridgehead atoms. The highest BCUT2D eigenvalue weighted by Crippen LogP contribution is 2.21. The minimum atomic E-state index is 0.399. The number of guanidine groups is 1. The van der Waals surface area contributed by atoms with Crippen LogP contribution < -0.4 is 15.8 Å². The zero-order valence-electron chi connectivity index (χ0n) is 13.1. The first-order valence-corrected chi connectivity index (χ1v) is 7.12. The first kappa shape index (κ1) is 16.3. The van der Waals surface area contributed by atoms with E-state index in [9.17, 15) is 0 Å². The molecule has 4 nitrogen and oxygen atoms in total. The summed E-state index contributed by atoms with van der Waals surface area (Å²) in [7, 11) is 1.65. The third kappa shape index (κ3) is 7.02. The number of hydrogen-bond donors (Lipinski definition) is 2. The van der Waals surface area contributed by atoms with Gasteiger partial charge in [-0.3, -0.25) is 4.99 Å². The second-order valence-corrected chi connectivity index (χ2v) is 6.14. The van der Waals surface area contributed by atoms with Crippen LogP contribution in [0.5, 0.6) is 5.75 Å². The monoisotopic (exact) mass is 277 g/mol. The molecule has 0 amide bonds. The van der Waals surface area contributed by atoms with E-state index in [0.29, 0.717) is 11.4 Å². The summed E-state index contributed by atoms with van der Waals surface area (Å²) in [5.41, 5.74) is 7.17. The molecule has 1 rings (SSSR count). The summed E-state index contributed by atoms with van der Waals surface area (Å²) in [5, 5.41) is 3.07. The second kappa shape index (κ2) is 7.78. The number of aliphatic imine (C=N–C) groups is 1. The highest BCUT2D eigenvalue weighted by Gasteiger charge is 2.08. The van der Waals surface area contributed by atoms with E-state index < -0.39 is 0 Å². The number of ether oxygens (including phenoxy) is 1. The molecule has 0 spiro atoms. The Morgan fingerprint density at radius 3 is 2.40 bits per heavy atom. The Balaban J connectivity index is 2.30. The molecule has 112 valence electrons. The summed E-state index contributed by atoms with van der Waals surface area (Å²) in [5.74, 6) is 1.29. The van der Waals surface area contributed by atoms with Crippen molar-refractivity contribution < 1.29 is 4.74 Å². The average Bonchev–Trinajstić information content (AvgIpc) is 2.38. The van der Waals surface area contributed by atoms with Crippen molar-refractivity contribution in [3.8, 4) is 5.75 Å². The molecule has 0 saturated carbocycles. The maximum Gasteiger partial charge on any atom is 0.193 e. The van der Waals surface area contributed by atoms with Gasteiger partial charge in [-0.15, -0.1) is 0 Å². The quantitative estimate of drug-likeness (QED) is 0.474. The molecule has 0 heterocycles. The zero-order valence-corrected chi connectivity index (χ0v) is 13.1. The van der Waals surface area contributed by atoms with Crippen LogP contribution in [0, 0.1) is 5.41 Å². The normalized spacial score (nSPS) is 12.3. The number of rotatable bonds is 6. The van der Waals surface area contributed by atoms with E-state index in [1.807, 2.05) is 24.3 Å². The molecule has 20 heavy (non-hydrogen) atoms. The highest BCUT2D eigenvalue weighted by atomic mass is 16.5. The topological polar surface area (TPSA) is 59.6 Å². The smallest absolute Gasteiger partial charge is 0.193 e. The number of hydrogen-bond acceptors (Lipinski definition) is 2. The lowest BCUT2D eigenvalue weighted by molar-refractivity contribution is 0.361. The fourth-order valence-electron chi connectivity index (χ4n) is 1.83. The molecule has 0 aromatic heterocycles. The number of nitrogens with two attached hydrogens (primary N) is 1. The minimum absolute atomic E-state index is 0.399. The van der Waals surface area contributed by atoms with Gasteiger partial charge >= 0.3 is 0 Å². The van der Waals surface area contributed by atoms with Crippen LogP contribution in [0.25, 0.3) is 0 Å². The van der Waals surface area contributed by atoms with Crippen LogP contribution in [0.15, 0.2) is 29.3 Å². The summed E-state index contributed by atoms with van der Waals surface area (Å²) in [6.45, 7) is 7.55. The van der Waals surface area contributed by atoms with Gasteiger partial charge in [-0.25, -0.2) is 0 Å². The molecule has 4 heteroatoms. The Hall–Kier alpha value is -1.71. The van der Waals surface area contributed by atoms with Gasteiger partial charge in [0.25, 0.3) is 0 Å². The van der Waals surface area contributed by atoms with E-state index in [0.717, 1.165) is 24.4 Å². The predicted octanol–water partition coefficient (Wildman–Crippen LogP) is 3.64. The van der Waals surface area contributed by atoms with Crippen LogP contribution in [-0.2, 0) is 0 Å². The van der Waals surface area contributed by atoms with Crippen molar-refractivity contribution in [3.05, 3.63) is 24.3 Å². The molecule has 0 saturated heterocycles. The summed E-state index contributed by atoms with van der Waals surface area (Å²) < 4.78 is 5.10. The SMILES string of the molecule is COc1ccc(NC(N)=NCCCCC(C)(C)C)cc1. The van der Waals surface area contributed by atoms with Crippen LogP contribution in [0.1, 0.15) is 40.0 Å². The first-order valence-electron chi connectivity index (χ1n) is 7.12.